The number of likely N-dealkylation sites (tertiary alicyclic amines) is 1. The molecule has 6 heteroatoms. The maximum absolute atomic E-state index is 12.1. The molecule has 0 aromatic heterocycles. The van der Waals surface area contributed by atoms with Gasteiger partial charge in [0.1, 0.15) is 0 Å². The van der Waals surface area contributed by atoms with E-state index in [1.807, 2.05) is 0 Å². The van der Waals surface area contributed by atoms with Gasteiger partial charge in [0, 0.05) is 18.7 Å². The molecule has 0 bridgehead atoms. The molecule has 0 saturated carbocycles. The number of carboxylic acid groups (broad SMARTS) is 1. The summed E-state index contributed by atoms with van der Waals surface area (Å²) >= 11 is 11.7. The van der Waals surface area contributed by atoms with Gasteiger partial charge in [0.2, 0.25) is 5.91 Å². The highest BCUT2D eigenvalue weighted by Gasteiger charge is 2.37. The molecule has 1 N–H and O–H groups in total. The summed E-state index contributed by atoms with van der Waals surface area (Å²) in [5.74, 6) is -1.55. The Bertz CT molecular complexity index is 601. The van der Waals surface area contributed by atoms with Crippen LogP contribution in [-0.2, 0) is 9.59 Å². The van der Waals surface area contributed by atoms with E-state index < -0.39 is 11.9 Å². The van der Waals surface area contributed by atoms with Crippen LogP contribution in [0, 0.1) is 5.92 Å². The molecule has 112 valence electrons. The maximum atomic E-state index is 12.1. The fraction of sp³-hybridized carbons (Fsp3) is 0.333. The van der Waals surface area contributed by atoms with E-state index in [1.165, 1.54) is 6.08 Å². The van der Waals surface area contributed by atoms with Gasteiger partial charge >= 0.3 is 5.97 Å². The fourth-order valence-corrected chi connectivity index (χ4v) is 2.77. The average Bonchev–Trinajstić information content (AvgIpc) is 2.82. The normalized spacial score (nSPS) is 22.0. The topological polar surface area (TPSA) is 57.6 Å². The van der Waals surface area contributed by atoms with Crippen molar-refractivity contribution in [2.75, 3.05) is 6.54 Å². The molecule has 0 radical (unpaired) electrons. The largest absolute Gasteiger partial charge is 0.481 e. The van der Waals surface area contributed by atoms with Crippen LogP contribution in [0.15, 0.2) is 24.3 Å². The van der Waals surface area contributed by atoms with E-state index in [0.29, 0.717) is 23.0 Å². The molecule has 1 fully saturated rings. The van der Waals surface area contributed by atoms with E-state index in [0.717, 1.165) is 5.56 Å². The standard InChI is InChI=1S/C15H15Cl2NO3/c1-9-11(15(20)21)6-7-18(9)14(19)5-3-10-2-4-12(16)13(17)8-10/h2-5,8-9,11H,6-7H2,1H3,(H,20,21). The molecule has 2 unspecified atom stereocenters. The smallest absolute Gasteiger partial charge is 0.308 e. The molecule has 1 aromatic rings. The lowest BCUT2D eigenvalue weighted by Crippen LogP contribution is -2.36. The number of carboxylic acids is 1. The van der Waals surface area contributed by atoms with Crippen molar-refractivity contribution >= 4 is 41.2 Å². The minimum absolute atomic E-state index is 0.197. The maximum Gasteiger partial charge on any atom is 0.308 e. The van der Waals surface area contributed by atoms with Crippen LogP contribution in [-0.4, -0.2) is 34.5 Å². The third kappa shape index (κ3) is 3.57. The molecule has 1 heterocycles. The van der Waals surface area contributed by atoms with Gasteiger partial charge < -0.3 is 10.0 Å². The van der Waals surface area contributed by atoms with Crippen LogP contribution in [0.1, 0.15) is 18.9 Å². The Morgan fingerprint density at radius 1 is 1.33 bits per heavy atom. The first-order valence-corrected chi connectivity index (χ1v) is 7.32. The molecule has 1 amide bonds. The molecule has 1 aliphatic rings. The van der Waals surface area contributed by atoms with Gasteiger partial charge in [0.05, 0.1) is 16.0 Å². The molecule has 1 aliphatic heterocycles. The number of hydrogen-bond donors (Lipinski definition) is 1. The number of aliphatic carboxylic acids is 1. The predicted octanol–water partition coefficient (Wildman–Crippen LogP) is 3.33. The molecule has 0 spiro atoms. The number of rotatable bonds is 3. The molecule has 21 heavy (non-hydrogen) atoms. The Kier molecular flexibility index (Phi) is 4.91. The quantitative estimate of drug-likeness (QED) is 0.866. The van der Waals surface area contributed by atoms with Gasteiger partial charge in [-0.15, -0.1) is 0 Å². The average molecular weight is 328 g/mol. The highest BCUT2D eigenvalue weighted by Crippen LogP contribution is 2.25. The first-order valence-electron chi connectivity index (χ1n) is 6.56. The highest BCUT2D eigenvalue weighted by atomic mass is 35.5. The van der Waals surface area contributed by atoms with Gasteiger partial charge in [-0.1, -0.05) is 29.3 Å². The zero-order chi connectivity index (χ0) is 15.6. The predicted molar refractivity (Wildman–Crippen MR) is 82.4 cm³/mol. The second-order valence-corrected chi connectivity index (χ2v) is 5.83. The zero-order valence-electron chi connectivity index (χ0n) is 11.4. The Morgan fingerprint density at radius 3 is 2.62 bits per heavy atom. The molecule has 2 rings (SSSR count). The summed E-state index contributed by atoms with van der Waals surface area (Å²) in [5.41, 5.74) is 0.763. The lowest BCUT2D eigenvalue weighted by atomic mass is 10.0. The van der Waals surface area contributed by atoms with E-state index in [4.69, 9.17) is 28.3 Å². The van der Waals surface area contributed by atoms with Crippen LogP contribution in [0.3, 0.4) is 0 Å². The van der Waals surface area contributed by atoms with Crippen LogP contribution in [0.25, 0.3) is 6.08 Å². The van der Waals surface area contributed by atoms with Gasteiger partial charge in [0.15, 0.2) is 0 Å². The molecule has 0 aliphatic carbocycles. The Morgan fingerprint density at radius 2 is 2.05 bits per heavy atom. The first kappa shape index (κ1) is 15.9. The van der Waals surface area contributed by atoms with Gasteiger partial charge in [-0.25, -0.2) is 0 Å². The summed E-state index contributed by atoms with van der Waals surface area (Å²) < 4.78 is 0. The lowest BCUT2D eigenvalue weighted by molar-refractivity contribution is -0.142. The fourth-order valence-electron chi connectivity index (χ4n) is 2.46. The van der Waals surface area contributed by atoms with Crippen molar-refractivity contribution in [3.63, 3.8) is 0 Å². The first-order chi connectivity index (χ1) is 9.90. The summed E-state index contributed by atoms with van der Waals surface area (Å²) in [5, 5.41) is 9.94. The number of benzene rings is 1. The molecule has 1 aromatic carbocycles. The molecular weight excluding hydrogens is 313 g/mol. The third-order valence-corrected chi connectivity index (χ3v) is 4.46. The number of carbonyl (C=O) groups is 2. The van der Waals surface area contributed by atoms with Crippen molar-refractivity contribution in [3.8, 4) is 0 Å². The number of amides is 1. The Balaban J connectivity index is 2.06. The zero-order valence-corrected chi connectivity index (χ0v) is 12.9. The summed E-state index contributed by atoms with van der Waals surface area (Å²) in [6.45, 7) is 2.22. The summed E-state index contributed by atoms with van der Waals surface area (Å²) in [7, 11) is 0. The van der Waals surface area contributed by atoms with E-state index in [2.05, 4.69) is 0 Å². The Labute approximate surface area is 133 Å². The van der Waals surface area contributed by atoms with Gasteiger partial charge in [-0.05, 0) is 37.1 Å². The van der Waals surface area contributed by atoms with Crippen molar-refractivity contribution in [2.45, 2.75) is 19.4 Å². The summed E-state index contributed by atoms with van der Waals surface area (Å²) in [6, 6.07) is 4.79. The van der Waals surface area contributed by atoms with Crippen LogP contribution >= 0.6 is 23.2 Å². The molecule has 4 nitrogen and oxygen atoms in total. The van der Waals surface area contributed by atoms with Gasteiger partial charge in [0.25, 0.3) is 0 Å². The van der Waals surface area contributed by atoms with E-state index in [1.54, 1.807) is 36.1 Å². The van der Waals surface area contributed by atoms with Crippen LogP contribution in [0.2, 0.25) is 10.0 Å². The second-order valence-electron chi connectivity index (χ2n) is 5.01. The van der Waals surface area contributed by atoms with Crippen LogP contribution in [0.5, 0.6) is 0 Å². The molecule has 1 saturated heterocycles. The monoisotopic (exact) mass is 327 g/mol. The summed E-state index contributed by atoms with van der Waals surface area (Å²) in [6.07, 6.45) is 3.56. The van der Waals surface area contributed by atoms with E-state index in [9.17, 15) is 9.59 Å². The number of halogens is 2. The van der Waals surface area contributed by atoms with Crippen molar-refractivity contribution in [2.24, 2.45) is 5.92 Å². The van der Waals surface area contributed by atoms with Crippen molar-refractivity contribution < 1.29 is 14.7 Å². The number of nitrogens with zero attached hydrogens (tertiary/aromatic N) is 1. The second kappa shape index (κ2) is 6.50. The van der Waals surface area contributed by atoms with Gasteiger partial charge in [-0.2, -0.15) is 0 Å². The minimum Gasteiger partial charge on any atom is -0.481 e. The van der Waals surface area contributed by atoms with E-state index >= 15 is 0 Å². The minimum atomic E-state index is -0.855. The van der Waals surface area contributed by atoms with Crippen molar-refractivity contribution in [1.29, 1.82) is 0 Å². The van der Waals surface area contributed by atoms with Crippen LogP contribution < -0.4 is 0 Å². The molecular formula is C15H15Cl2NO3. The Hall–Kier alpha value is -1.52. The molecule has 2 atom stereocenters. The van der Waals surface area contributed by atoms with Crippen molar-refractivity contribution in [1.82, 2.24) is 4.90 Å². The van der Waals surface area contributed by atoms with E-state index in [-0.39, 0.29) is 11.9 Å². The SMILES string of the molecule is CC1C(C(=O)O)CCN1C(=O)C=Cc1ccc(Cl)c(Cl)c1. The summed E-state index contributed by atoms with van der Waals surface area (Å²) in [4.78, 5) is 24.8. The highest BCUT2D eigenvalue weighted by molar-refractivity contribution is 6.42. The van der Waals surface area contributed by atoms with Crippen molar-refractivity contribution in [3.05, 3.63) is 39.9 Å². The number of carbonyl (C=O) groups excluding carboxylic acids is 1. The third-order valence-electron chi connectivity index (χ3n) is 3.72. The van der Waals surface area contributed by atoms with Crippen LogP contribution in [0.4, 0.5) is 0 Å². The number of hydrogen-bond acceptors (Lipinski definition) is 2. The van der Waals surface area contributed by atoms with Gasteiger partial charge in [-0.3, -0.25) is 9.59 Å². The lowest BCUT2D eigenvalue weighted by Gasteiger charge is -2.21.